The van der Waals surface area contributed by atoms with Crippen molar-refractivity contribution < 1.29 is 0 Å². The number of amidine groups is 1. The van der Waals surface area contributed by atoms with E-state index in [0.717, 1.165) is 37.7 Å². The van der Waals surface area contributed by atoms with Crippen LogP contribution >= 0.6 is 0 Å². The first-order valence-corrected chi connectivity index (χ1v) is 10.7. The van der Waals surface area contributed by atoms with Crippen LogP contribution in [-0.2, 0) is 0 Å². The standard InChI is InChI=1S/C25H38N4/c1-8-12-23(16-20(7)9-2)28-25(27-17-21(10-3)15-19(5)6)22-13-14-24(26)29(11-4)18-22/h10-11,13-14,17-19,23,26H,4,7-9,12,15-16H2,1-3,5-6H3/b21-10+,26-24?,27-17-,28-25-. The van der Waals surface area contributed by atoms with Gasteiger partial charge in [-0.05, 0) is 56.2 Å². The number of nitrogens with one attached hydrogen (secondary N) is 1. The van der Waals surface area contributed by atoms with E-state index in [4.69, 9.17) is 15.4 Å². The van der Waals surface area contributed by atoms with Crippen LogP contribution in [0.2, 0.25) is 0 Å². The van der Waals surface area contributed by atoms with E-state index in [1.807, 2.05) is 25.4 Å². The second kappa shape index (κ2) is 12.9. The van der Waals surface area contributed by atoms with Gasteiger partial charge in [0.25, 0.3) is 0 Å². The van der Waals surface area contributed by atoms with E-state index in [2.05, 4.69) is 46.9 Å². The van der Waals surface area contributed by atoms with Crippen molar-refractivity contribution in [3.8, 4) is 0 Å². The third-order valence-corrected chi connectivity index (χ3v) is 4.75. The molecule has 1 aromatic heterocycles. The van der Waals surface area contributed by atoms with E-state index in [9.17, 15) is 0 Å². The molecule has 0 saturated carbocycles. The fourth-order valence-electron chi connectivity index (χ4n) is 3.04. The third-order valence-electron chi connectivity index (χ3n) is 4.75. The Labute approximate surface area is 177 Å². The molecular formula is C25H38N4. The molecule has 158 valence electrons. The second-order valence-corrected chi connectivity index (χ2v) is 7.82. The smallest absolute Gasteiger partial charge is 0.156 e. The predicted octanol–water partition coefficient (Wildman–Crippen LogP) is 6.40. The van der Waals surface area contributed by atoms with Crippen molar-refractivity contribution in [2.24, 2.45) is 15.9 Å². The number of hydrogen-bond acceptors (Lipinski definition) is 2. The number of pyridine rings is 1. The summed E-state index contributed by atoms with van der Waals surface area (Å²) in [6, 6.07) is 3.83. The first-order chi connectivity index (χ1) is 13.8. The highest BCUT2D eigenvalue weighted by molar-refractivity contribution is 6.05. The molecule has 1 N–H and O–H groups in total. The molecule has 4 nitrogen and oxygen atoms in total. The first kappa shape index (κ1) is 24.5. The molecule has 0 spiro atoms. The molecule has 0 aromatic carbocycles. The van der Waals surface area contributed by atoms with Gasteiger partial charge in [0.15, 0.2) is 5.84 Å². The molecule has 1 aromatic rings. The van der Waals surface area contributed by atoms with E-state index < -0.39 is 0 Å². The van der Waals surface area contributed by atoms with Gasteiger partial charge >= 0.3 is 0 Å². The fraction of sp³-hybridized carbons (Fsp3) is 0.480. The normalized spacial score (nSPS) is 13.9. The van der Waals surface area contributed by atoms with Gasteiger partial charge in [0, 0.05) is 24.2 Å². The molecule has 1 unspecified atom stereocenters. The summed E-state index contributed by atoms with van der Waals surface area (Å²) in [7, 11) is 0. The van der Waals surface area contributed by atoms with Crippen molar-refractivity contribution in [1.29, 1.82) is 5.41 Å². The van der Waals surface area contributed by atoms with Crippen molar-refractivity contribution in [1.82, 2.24) is 4.57 Å². The van der Waals surface area contributed by atoms with Gasteiger partial charge in [0.2, 0.25) is 0 Å². The Kier molecular flexibility index (Phi) is 10.9. The van der Waals surface area contributed by atoms with Crippen LogP contribution in [0.1, 0.15) is 72.3 Å². The Morgan fingerprint density at radius 2 is 1.97 bits per heavy atom. The lowest BCUT2D eigenvalue weighted by Crippen LogP contribution is -2.17. The molecule has 0 radical (unpaired) electrons. The van der Waals surface area contributed by atoms with Gasteiger partial charge in [-0.1, -0.05) is 58.9 Å². The Hall–Kier alpha value is -2.49. The number of rotatable bonds is 11. The molecule has 1 heterocycles. The number of aromatic nitrogens is 1. The van der Waals surface area contributed by atoms with Gasteiger partial charge in [-0.15, -0.1) is 0 Å². The number of allylic oxidation sites excluding steroid dienone is 2. The highest BCUT2D eigenvalue weighted by atomic mass is 15.0. The zero-order valence-corrected chi connectivity index (χ0v) is 18.9. The van der Waals surface area contributed by atoms with Crippen LogP contribution in [0.25, 0.3) is 6.20 Å². The number of aliphatic imine (C=N–C) groups is 2. The summed E-state index contributed by atoms with van der Waals surface area (Å²) in [6.07, 6.45) is 12.4. The largest absolute Gasteiger partial charge is 0.309 e. The minimum atomic E-state index is 0.159. The zero-order valence-electron chi connectivity index (χ0n) is 18.9. The van der Waals surface area contributed by atoms with E-state index >= 15 is 0 Å². The molecule has 4 heteroatoms. The highest BCUT2D eigenvalue weighted by Crippen LogP contribution is 2.17. The van der Waals surface area contributed by atoms with E-state index in [-0.39, 0.29) is 6.04 Å². The lowest BCUT2D eigenvalue weighted by Gasteiger charge is -2.15. The Bertz CT molecular complexity index is 821. The Morgan fingerprint density at radius 3 is 2.52 bits per heavy atom. The molecule has 0 bridgehead atoms. The molecule has 0 fully saturated rings. The van der Waals surface area contributed by atoms with Gasteiger partial charge < -0.3 is 4.57 Å². The number of hydrogen-bond donors (Lipinski definition) is 1. The van der Waals surface area contributed by atoms with Gasteiger partial charge in [-0.2, -0.15) is 0 Å². The molecule has 0 aliphatic heterocycles. The lowest BCUT2D eigenvalue weighted by molar-refractivity contribution is 0.594. The Balaban J connectivity index is 3.41. The van der Waals surface area contributed by atoms with Crippen LogP contribution in [0.4, 0.5) is 0 Å². The highest BCUT2D eigenvalue weighted by Gasteiger charge is 2.11. The van der Waals surface area contributed by atoms with Gasteiger partial charge in [0.1, 0.15) is 5.49 Å². The van der Waals surface area contributed by atoms with Crippen molar-refractivity contribution in [3.63, 3.8) is 0 Å². The summed E-state index contributed by atoms with van der Waals surface area (Å²) in [6.45, 7) is 18.8. The molecule has 1 rings (SSSR count). The molecule has 0 aliphatic carbocycles. The molecule has 0 amide bonds. The van der Waals surface area contributed by atoms with Gasteiger partial charge in [0.05, 0.1) is 6.04 Å². The van der Waals surface area contributed by atoms with Crippen molar-refractivity contribution >= 4 is 18.3 Å². The van der Waals surface area contributed by atoms with Crippen molar-refractivity contribution in [2.75, 3.05) is 0 Å². The van der Waals surface area contributed by atoms with Gasteiger partial charge in [-0.25, -0.2) is 4.99 Å². The molecule has 0 saturated heterocycles. The van der Waals surface area contributed by atoms with Gasteiger partial charge in [-0.3, -0.25) is 10.4 Å². The summed E-state index contributed by atoms with van der Waals surface area (Å²) >= 11 is 0. The summed E-state index contributed by atoms with van der Waals surface area (Å²) < 4.78 is 1.69. The van der Waals surface area contributed by atoms with Crippen LogP contribution in [-0.4, -0.2) is 22.7 Å². The van der Waals surface area contributed by atoms with Crippen LogP contribution < -0.4 is 5.49 Å². The maximum Gasteiger partial charge on any atom is 0.156 e. The van der Waals surface area contributed by atoms with Crippen LogP contribution in [0.5, 0.6) is 0 Å². The van der Waals surface area contributed by atoms with Crippen LogP contribution in [0.3, 0.4) is 0 Å². The Morgan fingerprint density at radius 1 is 1.24 bits per heavy atom. The minimum Gasteiger partial charge on any atom is -0.309 e. The minimum absolute atomic E-state index is 0.159. The first-order valence-electron chi connectivity index (χ1n) is 10.7. The molecule has 0 aliphatic rings. The molecule has 1 atom stereocenters. The monoisotopic (exact) mass is 394 g/mol. The maximum absolute atomic E-state index is 8.00. The SMILES string of the molecule is C=Cn1cc(C(/N=C\C(=C\C)CC(C)C)=N/C(CCC)CC(=C)CC)ccc1=N. The fourth-order valence-corrected chi connectivity index (χ4v) is 3.04. The van der Waals surface area contributed by atoms with Crippen LogP contribution in [0.15, 0.2) is 58.7 Å². The topological polar surface area (TPSA) is 53.5 Å². The van der Waals surface area contributed by atoms with Crippen LogP contribution in [0, 0.1) is 11.3 Å². The van der Waals surface area contributed by atoms with E-state index in [1.54, 1.807) is 16.8 Å². The van der Waals surface area contributed by atoms with Crippen molar-refractivity contribution in [2.45, 2.75) is 72.8 Å². The third kappa shape index (κ3) is 8.59. The summed E-state index contributed by atoms with van der Waals surface area (Å²) in [5, 5.41) is 8.00. The predicted molar refractivity (Wildman–Crippen MR) is 128 cm³/mol. The maximum atomic E-state index is 8.00. The van der Waals surface area contributed by atoms with E-state index in [0.29, 0.717) is 17.2 Å². The zero-order chi connectivity index (χ0) is 21.8. The molecular weight excluding hydrogens is 356 g/mol. The average molecular weight is 395 g/mol. The van der Waals surface area contributed by atoms with Crippen molar-refractivity contribution in [3.05, 3.63) is 59.8 Å². The lowest BCUT2D eigenvalue weighted by atomic mass is 10.0. The van der Waals surface area contributed by atoms with E-state index in [1.165, 1.54) is 11.1 Å². The second-order valence-electron chi connectivity index (χ2n) is 7.82. The quantitative estimate of drug-likeness (QED) is 0.256. The number of nitrogens with zero attached hydrogens (tertiary/aromatic N) is 3. The average Bonchev–Trinajstić information content (AvgIpc) is 2.70. The summed E-state index contributed by atoms with van der Waals surface area (Å²) in [5.41, 5.74) is 3.68. The summed E-state index contributed by atoms with van der Waals surface area (Å²) in [5.74, 6) is 1.27. The summed E-state index contributed by atoms with van der Waals surface area (Å²) in [4.78, 5) is 9.83. The molecule has 29 heavy (non-hydrogen) atoms.